The van der Waals surface area contributed by atoms with Crippen molar-refractivity contribution in [2.45, 2.75) is 25.7 Å². The van der Waals surface area contributed by atoms with Gasteiger partial charge in [-0.1, -0.05) is 25.0 Å². The Labute approximate surface area is 176 Å². The fourth-order valence-electron chi connectivity index (χ4n) is 4.52. The average Bonchev–Trinajstić information content (AvgIpc) is 3.05. The lowest BCUT2D eigenvalue weighted by molar-refractivity contribution is -0.122. The fraction of sp³-hybridized carbons (Fsp3) is 0.261. The molecular formula is C23H19FN4O3. The number of halogens is 1. The second-order valence-corrected chi connectivity index (χ2v) is 7.88. The predicted octanol–water partition coefficient (Wildman–Crippen LogP) is 3.32. The molecule has 1 aliphatic heterocycles. The molecule has 2 aromatic carbocycles. The number of rotatable bonds is 3. The second kappa shape index (κ2) is 7.54. The van der Waals surface area contributed by atoms with Gasteiger partial charge >= 0.3 is 0 Å². The Hall–Kier alpha value is -3.68. The van der Waals surface area contributed by atoms with Crippen LogP contribution in [0.25, 0.3) is 22.6 Å². The maximum Gasteiger partial charge on any atom is 0.278 e. The van der Waals surface area contributed by atoms with Crippen molar-refractivity contribution in [3.05, 3.63) is 64.7 Å². The summed E-state index contributed by atoms with van der Waals surface area (Å²) in [4.78, 5) is 42.7. The monoisotopic (exact) mass is 418 g/mol. The molecule has 2 atom stereocenters. The molecule has 3 aromatic rings. The number of carbonyl (C=O) groups excluding carboxylic acids is 2. The minimum Gasteiger partial charge on any atom is -0.303 e. The van der Waals surface area contributed by atoms with Gasteiger partial charge in [0.25, 0.3) is 5.56 Å². The molecule has 5 rings (SSSR count). The summed E-state index contributed by atoms with van der Waals surface area (Å²) in [5, 5.41) is 8.16. The molecule has 2 heterocycles. The van der Waals surface area contributed by atoms with Gasteiger partial charge in [-0.05, 0) is 49.2 Å². The Kier molecular flexibility index (Phi) is 4.69. The van der Waals surface area contributed by atoms with Crippen LogP contribution in [0.15, 0.2) is 53.3 Å². The highest BCUT2D eigenvalue weighted by Crippen LogP contribution is 2.42. The topological polar surface area (TPSA) is 96.0 Å². The number of fused-ring (bicyclic) bond motifs is 1. The first-order valence-electron chi connectivity index (χ1n) is 10.2. The Morgan fingerprint density at radius 2 is 1.52 bits per heavy atom. The molecule has 2 aliphatic rings. The van der Waals surface area contributed by atoms with E-state index in [1.807, 2.05) is 0 Å². The van der Waals surface area contributed by atoms with Crippen LogP contribution in [0.4, 0.5) is 10.1 Å². The fourth-order valence-corrected chi connectivity index (χ4v) is 4.52. The smallest absolute Gasteiger partial charge is 0.278 e. The van der Waals surface area contributed by atoms with E-state index in [-0.39, 0.29) is 35.2 Å². The number of nitrogens with one attached hydrogen (secondary N) is 1. The highest BCUT2D eigenvalue weighted by atomic mass is 19.1. The van der Waals surface area contributed by atoms with Crippen LogP contribution in [0.3, 0.4) is 0 Å². The summed E-state index contributed by atoms with van der Waals surface area (Å²) in [6.07, 6.45) is 3.33. The summed E-state index contributed by atoms with van der Waals surface area (Å²) in [7, 11) is 0. The Morgan fingerprint density at radius 3 is 2.16 bits per heavy atom. The number of anilines is 1. The molecule has 8 heteroatoms. The molecule has 0 spiro atoms. The highest BCUT2D eigenvalue weighted by Gasteiger charge is 2.49. The summed E-state index contributed by atoms with van der Waals surface area (Å²) in [6, 6.07) is 12.2. The molecule has 0 bridgehead atoms. The quantitative estimate of drug-likeness (QED) is 0.659. The van der Waals surface area contributed by atoms with Gasteiger partial charge in [0.05, 0.1) is 17.5 Å². The lowest BCUT2D eigenvalue weighted by Crippen LogP contribution is -2.31. The van der Waals surface area contributed by atoms with Crippen LogP contribution >= 0.6 is 0 Å². The van der Waals surface area contributed by atoms with E-state index in [9.17, 15) is 18.8 Å². The summed E-state index contributed by atoms with van der Waals surface area (Å²) < 4.78 is 13.2. The third-order valence-corrected chi connectivity index (χ3v) is 6.06. The van der Waals surface area contributed by atoms with Crippen LogP contribution in [-0.2, 0) is 9.59 Å². The van der Waals surface area contributed by atoms with Crippen LogP contribution in [-0.4, -0.2) is 27.0 Å². The number of para-hydroxylation sites is 1. The number of hydrogen-bond acceptors (Lipinski definition) is 5. The molecule has 1 N–H and O–H groups in total. The molecule has 1 aliphatic carbocycles. The van der Waals surface area contributed by atoms with Gasteiger partial charge in [-0.15, -0.1) is 10.2 Å². The van der Waals surface area contributed by atoms with E-state index < -0.39 is 11.4 Å². The van der Waals surface area contributed by atoms with Crippen molar-refractivity contribution >= 4 is 17.5 Å². The summed E-state index contributed by atoms with van der Waals surface area (Å²) in [5.41, 5.74) is 0.827. The maximum atomic E-state index is 13.2. The SMILES string of the molecule is O=C1[C@H]2CCCC[C@@H]2C(=O)N1c1ccccc1-c1nnc(-c2ccc(F)cc2)c(=O)[nH]1. The largest absolute Gasteiger partial charge is 0.303 e. The van der Waals surface area contributed by atoms with Crippen LogP contribution in [0.2, 0.25) is 0 Å². The van der Waals surface area contributed by atoms with Gasteiger partial charge in [0.1, 0.15) is 5.82 Å². The van der Waals surface area contributed by atoms with Crippen molar-refractivity contribution in [1.29, 1.82) is 0 Å². The number of H-pyrrole nitrogens is 1. The standard InChI is InChI=1S/C23H19FN4O3/c24-14-11-9-13(10-12-14)19-21(29)25-20(27-26-19)17-7-3-4-8-18(17)28-22(30)15-5-1-2-6-16(15)23(28)31/h3-4,7-12,15-16H,1-2,5-6H2,(H,25,27,29)/t15-,16-/m0/s1. The number of aromatic nitrogens is 3. The molecule has 1 saturated heterocycles. The van der Waals surface area contributed by atoms with Crippen molar-refractivity contribution in [1.82, 2.24) is 15.2 Å². The Morgan fingerprint density at radius 1 is 0.871 bits per heavy atom. The zero-order valence-corrected chi connectivity index (χ0v) is 16.5. The molecule has 0 unspecified atom stereocenters. The molecule has 31 heavy (non-hydrogen) atoms. The van der Waals surface area contributed by atoms with E-state index in [1.54, 1.807) is 24.3 Å². The first-order chi connectivity index (χ1) is 15.0. The molecule has 156 valence electrons. The number of nitrogens with zero attached hydrogens (tertiary/aromatic N) is 3. The lowest BCUT2D eigenvalue weighted by Gasteiger charge is -2.19. The van der Waals surface area contributed by atoms with Gasteiger partial charge in [0, 0.05) is 11.1 Å². The Balaban J connectivity index is 1.55. The molecular weight excluding hydrogens is 399 g/mol. The molecule has 2 amide bonds. The van der Waals surface area contributed by atoms with E-state index >= 15 is 0 Å². The van der Waals surface area contributed by atoms with E-state index in [2.05, 4.69) is 15.2 Å². The second-order valence-electron chi connectivity index (χ2n) is 7.88. The predicted molar refractivity (Wildman–Crippen MR) is 111 cm³/mol. The zero-order chi connectivity index (χ0) is 21.5. The van der Waals surface area contributed by atoms with Crippen LogP contribution in [0.1, 0.15) is 25.7 Å². The van der Waals surface area contributed by atoms with Gasteiger partial charge in [-0.25, -0.2) is 9.29 Å². The van der Waals surface area contributed by atoms with E-state index in [0.717, 1.165) is 25.7 Å². The first kappa shape index (κ1) is 19.3. The molecule has 2 fully saturated rings. The van der Waals surface area contributed by atoms with Crippen LogP contribution in [0.5, 0.6) is 0 Å². The summed E-state index contributed by atoms with van der Waals surface area (Å²) >= 11 is 0. The van der Waals surface area contributed by atoms with Crippen molar-refractivity contribution < 1.29 is 14.0 Å². The average molecular weight is 418 g/mol. The van der Waals surface area contributed by atoms with E-state index in [0.29, 0.717) is 16.8 Å². The van der Waals surface area contributed by atoms with Crippen molar-refractivity contribution in [3.8, 4) is 22.6 Å². The van der Waals surface area contributed by atoms with Crippen molar-refractivity contribution in [2.24, 2.45) is 11.8 Å². The summed E-state index contributed by atoms with van der Waals surface area (Å²) in [5.74, 6) is -1.21. The minimum absolute atomic E-state index is 0.0561. The van der Waals surface area contributed by atoms with Crippen LogP contribution in [0, 0.1) is 17.7 Å². The van der Waals surface area contributed by atoms with Gasteiger partial charge in [0.15, 0.2) is 11.5 Å². The summed E-state index contributed by atoms with van der Waals surface area (Å²) in [6.45, 7) is 0. The minimum atomic E-state index is -0.501. The van der Waals surface area contributed by atoms with Gasteiger partial charge in [-0.3, -0.25) is 14.4 Å². The van der Waals surface area contributed by atoms with Crippen molar-refractivity contribution in [3.63, 3.8) is 0 Å². The number of imide groups is 1. The normalized spacial score (nSPS) is 20.7. The van der Waals surface area contributed by atoms with Crippen molar-refractivity contribution in [2.75, 3.05) is 4.90 Å². The number of hydrogen-bond donors (Lipinski definition) is 1. The van der Waals surface area contributed by atoms with E-state index in [4.69, 9.17) is 0 Å². The zero-order valence-electron chi connectivity index (χ0n) is 16.5. The van der Waals surface area contributed by atoms with E-state index in [1.165, 1.54) is 29.2 Å². The van der Waals surface area contributed by atoms with Gasteiger partial charge < -0.3 is 4.98 Å². The lowest BCUT2D eigenvalue weighted by atomic mass is 9.81. The van der Waals surface area contributed by atoms with Gasteiger partial charge in [-0.2, -0.15) is 0 Å². The maximum absolute atomic E-state index is 13.2. The number of carbonyl (C=O) groups is 2. The number of amides is 2. The number of aromatic amines is 1. The first-order valence-corrected chi connectivity index (χ1v) is 10.2. The Bertz CT molecular complexity index is 1210. The van der Waals surface area contributed by atoms with Crippen LogP contribution < -0.4 is 10.5 Å². The molecule has 1 aromatic heterocycles. The number of benzene rings is 2. The molecule has 7 nitrogen and oxygen atoms in total. The molecule has 1 saturated carbocycles. The third-order valence-electron chi connectivity index (χ3n) is 6.06. The molecule has 0 radical (unpaired) electrons. The highest BCUT2D eigenvalue weighted by molar-refractivity contribution is 6.23. The third kappa shape index (κ3) is 3.24. The van der Waals surface area contributed by atoms with Gasteiger partial charge in [0.2, 0.25) is 11.8 Å².